The second kappa shape index (κ2) is 4.99. The molecule has 7 heteroatoms. The molecule has 1 aliphatic rings. The van der Waals surface area contributed by atoms with Gasteiger partial charge >= 0.3 is 0 Å². The predicted octanol–water partition coefficient (Wildman–Crippen LogP) is -0.567. The van der Waals surface area contributed by atoms with Gasteiger partial charge in [0.05, 0.1) is 12.4 Å². The van der Waals surface area contributed by atoms with Crippen molar-refractivity contribution >= 4 is 17.6 Å². The van der Waals surface area contributed by atoms with Gasteiger partial charge in [0, 0.05) is 27.2 Å². The summed E-state index contributed by atoms with van der Waals surface area (Å²) in [6.07, 6.45) is 2.90. The lowest BCUT2D eigenvalue weighted by Gasteiger charge is -2.31. The molecule has 2 heterocycles. The van der Waals surface area contributed by atoms with Crippen LogP contribution in [0.3, 0.4) is 0 Å². The largest absolute Gasteiger partial charge is 0.372 e. The Hall–Kier alpha value is -2.18. The number of nitrogens with zero attached hydrogens (tertiary/aromatic N) is 4. The molecule has 0 radical (unpaired) electrons. The lowest BCUT2D eigenvalue weighted by Crippen LogP contribution is -2.50. The summed E-state index contributed by atoms with van der Waals surface area (Å²) in [4.78, 5) is 34.8. The number of carbonyl (C=O) groups is 2. The van der Waals surface area contributed by atoms with Gasteiger partial charge in [0.15, 0.2) is 0 Å². The second-order valence-electron chi connectivity index (χ2n) is 4.08. The smallest absolute Gasteiger partial charge is 0.274 e. The lowest BCUT2D eigenvalue weighted by molar-refractivity contribution is -0.133. The van der Waals surface area contributed by atoms with Gasteiger partial charge in [0.1, 0.15) is 18.1 Å². The highest BCUT2D eigenvalue weighted by Crippen LogP contribution is 2.07. The fourth-order valence-electron chi connectivity index (χ4n) is 1.66. The van der Waals surface area contributed by atoms with Crippen LogP contribution in [0.15, 0.2) is 12.4 Å². The molecule has 7 nitrogen and oxygen atoms in total. The summed E-state index contributed by atoms with van der Waals surface area (Å²) in [7, 11) is 3.45. The Labute approximate surface area is 105 Å². The van der Waals surface area contributed by atoms with E-state index in [0.717, 1.165) is 0 Å². The molecule has 1 aromatic heterocycles. The quantitative estimate of drug-likeness (QED) is 0.759. The van der Waals surface area contributed by atoms with Crippen molar-refractivity contribution < 1.29 is 9.59 Å². The van der Waals surface area contributed by atoms with Gasteiger partial charge in [-0.05, 0) is 0 Å². The number of anilines is 1. The van der Waals surface area contributed by atoms with E-state index in [1.807, 2.05) is 0 Å². The number of rotatable bonds is 2. The summed E-state index contributed by atoms with van der Waals surface area (Å²) in [5.74, 6) is 0.280. The van der Waals surface area contributed by atoms with E-state index in [4.69, 9.17) is 0 Å². The molecule has 2 rings (SSSR count). The van der Waals surface area contributed by atoms with E-state index < -0.39 is 0 Å². The first-order chi connectivity index (χ1) is 8.61. The van der Waals surface area contributed by atoms with Gasteiger partial charge in [-0.25, -0.2) is 9.97 Å². The van der Waals surface area contributed by atoms with Gasteiger partial charge in [0.2, 0.25) is 5.91 Å². The summed E-state index contributed by atoms with van der Waals surface area (Å²) in [6, 6.07) is 0. The number of piperazine rings is 1. The molecule has 1 N–H and O–H groups in total. The SMILES string of the molecule is CNc1cnc(C(=O)N2CCN(C)C(=O)C2)cn1. The maximum atomic E-state index is 12.1. The minimum atomic E-state index is -0.258. The molecular weight excluding hydrogens is 234 g/mol. The topological polar surface area (TPSA) is 78.4 Å². The molecule has 2 amide bonds. The summed E-state index contributed by atoms with van der Waals surface area (Å²) < 4.78 is 0. The lowest BCUT2D eigenvalue weighted by atomic mass is 10.3. The fourth-order valence-corrected chi connectivity index (χ4v) is 1.66. The van der Waals surface area contributed by atoms with Gasteiger partial charge in [-0.2, -0.15) is 0 Å². The van der Waals surface area contributed by atoms with E-state index in [-0.39, 0.29) is 24.1 Å². The highest BCUT2D eigenvalue weighted by atomic mass is 16.2. The molecule has 1 saturated heterocycles. The molecule has 0 bridgehead atoms. The van der Waals surface area contributed by atoms with Crippen molar-refractivity contribution in [3.8, 4) is 0 Å². The number of hydrogen-bond acceptors (Lipinski definition) is 5. The molecular formula is C11H15N5O2. The van der Waals surface area contributed by atoms with Gasteiger partial charge in [-0.15, -0.1) is 0 Å². The zero-order chi connectivity index (χ0) is 13.1. The van der Waals surface area contributed by atoms with Gasteiger partial charge in [0.25, 0.3) is 5.91 Å². The number of hydrogen-bond donors (Lipinski definition) is 1. The molecule has 0 spiro atoms. The van der Waals surface area contributed by atoms with E-state index >= 15 is 0 Å². The number of amides is 2. The molecule has 0 aromatic carbocycles. The first-order valence-electron chi connectivity index (χ1n) is 5.65. The number of aromatic nitrogens is 2. The fraction of sp³-hybridized carbons (Fsp3) is 0.455. The minimum Gasteiger partial charge on any atom is -0.372 e. The molecule has 0 unspecified atom stereocenters. The van der Waals surface area contributed by atoms with Crippen molar-refractivity contribution in [2.75, 3.05) is 39.0 Å². The van der Waals surface area contributed by atoms with Crippen LogP contribution in [-0.4, -0.2) is 65.3 Å². The van der Waals surface area contributed by atoms with E-state index in [1.54, 1.807) is 19.0 Å². The minimum absolute atomic E-state index is 0.0607. The molecule has 96 valence electrons. The Balaban J connectivity index is 2.08. The molecule has 18 heavy (non-hydrogen) atoms. The number of carbonyl (C=O) groups excluding carboxylic acids is 2. The molecule has 1 fully saturated rings. The van der Waals surface area contributed by atoms with Crippen LogP contribution < -0.4 is 5.32 Å². The molecule has 0 atom stereocenters. The molecule has 0 aliphatic carbocycles. The van der Waals surface area contributed by atoms with E-state index in [1.165, 1.54) is 17.3 Å². The summed E-state index contributed by atoms with van der Waals surface area (Å²) in [5.41, 5.74) is 0.256. The van der Waals surface area contributed by atoms with Crippen LogP contribution in [0.2, 0.25) is 0 Å². The van der Waals surface area contributed by atoms with Gasteiger partial charge < -0.3 is 15.1 Å². The highest BCUT2D eigenvalue weighted by Gasteiger charge is 2.26. The summed E-state index contributed by atoms with van der Waals surface area (Å²) in [6.45, 7) is 1.17. The van der Waals surface area contributed by atoms with Crippen molar-refractivity contribution in [3.63, 3.8) is 0 Å². The average molecular weight is 249 g/mol. The zero-order valence-electron chi connectivity index (χ0n) is 10.4. The second-order valence-corrected chi connectivity index (χ2v) is 4.08. The third kappa shape index (κ3) is 2.39. The monoisotopic (exact) mass is 249 g/mol. The Morgan fingerprint density at radius 3 is 2.67 bits per heavy atom. The molecule has 1 aliphatic heterocycles. The normalized spacial score (nSPS) is 15.8. The number of likely N-dealkylation sites (N-methyl/N-ethyl adjacent to an activating group) is 1. The Morgan fingerprint density at radius 1 is 1.33 bits per heavy atom. The van der Waals surface area contributed by atoms with E-state index in [9.17, 15) is 9.59 Å². The Morgan fingerprint density at radius 2 is 2.11 bits per heavy atom. The Kier molecular flexibility index (Phi) is 3.40. The highest BCUT2D eigenvalue weighted by molar-refractivity contribution is 5.95. The maximum absolute atomic E-state index is 12.1. The van der Waals surface area contributed by atoms with Gasteiger partial charge in [-0.3, -0.25) is 9.59 Å². The van der Waals surface area contributed by atoms with Crippen LogP contribution >= 0.6 is 0 Å². The number of nitrogens with one attached hydrogen (secondary N) is 1. The summed E-state index contributed by atoms with van der Waals surface area (Å²) >= 11 is 0. The van der Waals surface area contributed by atoms with Crippen LogP contribution in [0.25, 0.3) is 0 Å². The van der Waals surface area contributed by atoms with Crippen LogP contribution in [0, 0.1) is 0 Å². The first kappa shape index (κ1) is 12.3. The maximum Gasteiger partial charge on any atom is 0.274 e. The van der Waals surface area contributed by atoms with Gasteiger partial charge in [-0.1, -0.05) is 0 Å². The van der Waals surface area contributed by atoms with E-state index in [0.29, 0.717) is 18.9 Å². The van der Waals surface area contributed by atoms with Crippen LogP contribution in [0.1, 0.15) is 10.5 Å². The zero-order valence-corrected chi connectivity index (χ0v) is 10.4. The summed E-state index contributed by atoms with van der Waals surface area (Å²) in [5, 5.41) is 2.83. The van der Waals surface area contributed by atoms with E-state index in [2.05, 4.69) is 15.3 Å². The van der Waals surface area contributed by atoms with Crippen molar-refractivity contribution in [1.29, 1.82) is 0 Å². The van der Waals surface area contributed by atoms with Crippen molar-refractivity contribution in [1.82, 2.24) is 19.8 Å². The van der Waals surface area contributed by atoms with Crippen molar-refractivity contribution in [3.05, 3.63) is 18.1 Å². The van der Waals surface area contributed by atoms with Crippen LogP contribution in [-0.2, 0) is 4.79 Å². The molecule has 0 saturated carbocycles. The van der Waals surface area contributed by atoms with Crippen molar-refractivity contribution in [2.45, 2.75) is 0 Å². The average Bonchev–Trinajstić information content (AvgIpc) is 2.41. The Bertz CT molecular complexity index is 459. The first-order valence-corrected chi connectivity index (χ1v) is 5.65. The van der Waals surface area contributed by atoms with Crippen LogP contribution in [0.5, 0.6) is 0 Å². The molecule has 1 aromatic rings. The third-order valence-corrected chi connectivity index (χ3v) is 2.87. The predicted molar refractivity (Wildman–Crippen MR) is 65.1 cm³/mol. The third-order valence-electron chi connectivity index (χ3n) is 2.87. The van der Waals surface area contributed by atoms with Crippen molar-refractivity contribution in [2.24, 2.45) is 0 Å². The van der Waals surface area contributed by atoms with Crippen LogP contribution in [0.4, 0.5) is 5.82 Å². The standard InChI is InChI=1S/C11H15N5O2/c1-12-9-6-13-8(5-14-9)11(18)16-4-3-15(2)10(17)7-16/h5-6H,3-4,7H2,1-2H3,(H,12,14).